The zero-order chi connectivity index (χ0) is 13.4. The molecule has 0 amide bonds. The molecule has 0 saturated carbocycles. The number of rotatable bonds is 2. The molecule has 3 heterocycles. The van der Waals surface area contributed by atoms with Crippen LogP contribution < -0.4 is 4.90 Å². The molecular formula is C13H15FN2O3. The van der Waals surface area contributed by atoms with Crippen LogP contribution in [0.3, 0.4) is 0 Å². The van der Waals surface area contributed by atoms with Crippen molar-refractivity contribution in [2.45, 2.75) is 25.8 Å². The van der Waals surface area contributed by atoms with E-state index in [9.17, 15) is 9.18 Å². The third-order valence-corrected chi connectivity index (χ3v) is 3.50. The van der Waals surface area contributed by atoms with Gasteiger partial charge in [-0.3, -0.25) is 0 Å². The molecule has 5 nitrogen and oxygen atoms in total. The Morgan fingerprint density at radius 1 is 1.58 bits per heavy atom. The fraction of sp³-hybridized carbons (Fsp3) is 0.538. The third kappa shape index (κ3) is 2.16. The number of alkyl halides is 1. The van der Waals surface area contributed by atoms with Gasteiger partial charge in [-0.25, -0.2) is 14.2 Å². The molecule has 1 saturated heterocycles. The van der Waals surface area contributed by atoms with Crippen LogP contribution in [0.1, 0.15) is 28.0 Å². The van der Waals surface area contributed by atoms with Crippen LogP contribution in [0.5, 0.6) is 0 Å². The number of methoxy groups -OCH3 is 1. The van der Waals surface area contributed by atoms with Gasteiger partial charge in [-0.15, -0.1) is 0 Å². The molecule has 1 fully saturated rings. The summed E-state index contributed by atoms with van der Waals surface area (Å²) < 4.78 is 23.4. The van der Waals surface area contributed by atoms with Crippen molar-refractivity contribution in [2.75, 3.05) is 25.1 Å². The van der Waals surface area contributed by atoms with Crippen LogP contribution in [0.4, 0.5) is 10.2 Å². The van der Waals surface area contributed by atoms with Crippen LogP contribution in [0.25, 0.3) is 0 Å². The van der Waals surface area contributed by atoms with E-state index in [1.165, 1.54) is 7.11 Å². The van der Waals surface area contributed by atoms with Crippen molar-refractivity contribution in [1.82, 2.24) is 4.98 Å². The zero-order valence-corrected chi connectivity index (χ0v) is 10.7. The molecule has 0 unspecified atom stereocenters. The Kier molecular flexibility index (Phi) is 3.10. The van der Waals surface area contributed by atoms with Gasteiger partial charge < -0.3 is 14.4 Å². The Labute approximate surface area is 110 Å². The molecule has 2 aliphatic rings. The van der Waals surface area contributed by atoms with Gasteiger partial charge in [-0.05, 0) is 12.5 Å². The Bertz CT molecular complexity index is 521. The van der Waals surface area contributed by atoms with Gasteiger partial charge in [0, 0.05) is 12.1 Å². The minimum absolute atomic E-state index is 0.274. The number of fused-ring (bicyclic) bond motifs is 1. The minimum Gasteiger partial charge on any atom is -0.465 e. The molecule has 19 heavy (non-hydrogen) atoms. The molecular weight excluding hydrogens is 251 g/mol. The second-order valence-electron chi connectivity index (χ2n) is 4.78. The van der Waals surface area contributed by atoms with Gasteiger partial charge in [0.2, 0.25) is 0 Å². The topological polar surface area (TPSA) is 51.7 Å². The van der Waals surface area contributed by atoms with Crippen molar-refractivity contribution in [3.05, 3.63) is 22.9 Å². The molecule has 3 rings (SSSR count). The summed E-state index contributed by atoms with van der Waals surface area (Å²) in [6.45, 7) is 1.74. The number of aromatic nitrogens is 1. The maximum absolute atomic E-state index is 13.3. The van der Waals surface area contributed by atoms with Gasteiger partial charge in [0.15, 0.2) is 0 Å². The highest BCUT2D eigenvalue weighted by Gasteiger charge is 2.29. The standard InChI is InChI=1S/C13H15FN2O3/c1-18-13(17)10-4-8-6-19-7-11(8)15-12(10)16-3-2-9(14)5-16/h4,9H,2-3,5-7H2,1H3/t9-/m1/s1. The summed E-state index contributed by atoms with van der Waals surface area (Å²) in [7, 11) is 1.33. The SMILES string of the molecule is COC(=O)c1cc2c(nc1N1CC[C@@H](F)C1)COC2. The van der Waals surface area contributed by atoms with Crippen LogP contribution in [0, 0.1) is 0 Å². The number of halogens is 1. The number of pyridine rings is 1. The van der Waals surface area contributed by atoms with Gasteiger partial charge in [0.25, 0.3) is 0 Å². The van der Waals surface area contributed by atoms with E-state index in [2.05, 4.69) is 4.98 Å². The number of esters is 1. The highest BCUT2D eigenvalue weighted by atomic mass is 19.1. The van der Waals surface area contributed by atoms with Gasteiger partial charge in [0.1, 0.15) is 17.6 Å². The van der Waals surface area contributed by atoms with Crippen LogP contribution in [-0.2, 0) is 22.7 Å². The van der Waals surface area contributed by atoms with Crippen molar-refractivity contribution in [3.63, 3.8) is 0 Å². The molecule has 0 spiro atoms. The minimum atomic E-state index is -0.864. The number of hydrogen-bond acceptors (Lipinski definition) is 5. The molecule has 2 aliphatic heterocycles. The maximum atomic E-state index is 13.3. The predicted octanol–water partition coefficient (Wildman–Crippen LogP) is 1.45. The fourth-order valence-electron chi connectivity index (χ4n) is 2.50. The predicted molar refractivity (Wildman–Crippen MR) is 65.8 cm³/mol. The van der Waals surface area contributed by atoms with Gasteiger partial charge in [-0.2, -0.15) is 0 Å². The van der Waals surface area contributed by atoms with Crippen molar-refractivity contribution < 1.29 is 18.7 Å². The number of ether oxygens (including phenoxy) is 2. The molecule has 1 aromatic heterocycles. The van der Waals surface area contributed by atoms with E-state index in [0.29, 0.717) is 37.6 Å². The van der Waals surface area contributed by atoms with E-state index in [4.69, 9.17) is 9.47 Å². The van der Waals surface area contributed by atoms with Gasteiger partial charge in [-0.1, -0.05) is 0 Å². The van der Waals surface area contributed by atoms with Crippen molar-refractivity contribution >= 4 is 11.8 Å². The summed E-state index contributed by atoms with van der Waals surface area (Å²) in [5, 5.41) is 0. The number of anilines is 1. The van der Waals surface area contributed by atoms with Crippen LogP contribution >= 0.6 is 0 Å². The highest BCUT2D eigenvalue weighted by molar-refractivity contribution is 5.95. The average Bonchev–Trinajstić information content (AvgIpc) is 3.04. The lowest BCUT2D eigenvalue weighted by Crippen LogP contribution is -2.24. The van der Waals surface area contributed by atoms with Crippen molar-refractivity contribution in [1.29, 1.82) is 0 Å². The third-order valence-electron chi connectivity index (χ3n) is 3.50. The van der Waals surface area contributed by atoms with E-state index >= 15 is 0 Å². The molecule has 0 bridgehead atoms. The Hall–Kier alpha value is -1.69. The van der Waals surface area contributed by atoms with E-state index < -0.39 is 12.1 Å². The van der Waals surface area contributed by atoms with E-state index in [1.54, 1.807) is 11.0 Å². The highest BCUT2D eigenvalue weighted by Crippen LogP contribution is 2.29. The Morgan fingerprint density at radius 2 is 2.42 bits per heavy atom. The summed E-state index contributed by atoms with van der Waals surface area (Å²) in [6, 6.07) is 1.75. The van der Waals surface area contributed by atoms with Crippen LogP contribution in [0.15, 0.2) is 6.07 Å². The first-order valence-electron chi connectivity index (χ1n) is 6.27. The van der Waals surface area contributed by atoms with E-state index in [1.807, 2.05) is 0 Å². The molecule has 0 N–H and O–H groups in total. The molecule has 0 aliphatic carbocycles. The summed E-state index contributed by atoms with van der Waals surface area (Å²) in [6.07, 6.45) is -0.396. The molecule has 102 valence electrons. The molecule has 1 atom stereocenters. The fourth-order valence-corrected chi connectivity index (χ4v) is 2.50. The number of hydrogen-bond donors (Lipinski definition) is 0. The van der Waals surface area contributed by atoms with Crippen LogP contribution in [0.2, 0.25) is 0 Å². The van der Waals surface area contributed by atoms with E-state index in [0.717, 1.165) is 11.3 Å². The largest absolute Gasteiger partial charge is 0.465 e. The summed E-state index contributed by atoms with van der Waals surface area (Å²) >= 11 is 0. The smallest absolute Gasteiger partial charge is 0.341 e. The van der Waals surface area contributed by atoms with Crippen LogP contribution in [-0.4, -0.2) is 37.3 Å². The molecule has 1 aromatic rings. The summed E-state index contributed by atoms with van der Waals surface area (Å²) in [5.41, 5.74) is 2.12. The van der Waals surface area contributed by atoms with Gasteiger partial charge in [0.05, 0.1) is 32.6 Å². The lowest BCUT2D eigenvalue weighted by atomic mass is 10.1. The maximum Gasteiger partial charge on any atom is 0.341 e. The quantitative estimate of drug-likeness (QED) is 0.758. The lowest BCUT2D eigenvalue weighted by molar-refractivity contribution is 0.0601. The number of carbonyl (C=O) groups excluding carboxylic acids is 1. The normalized spacial score (nSPS) is 21.6. The first-order chi connectivity index (χ1) is 9.19. The average molecular weight is 266 g/mol. The summed E-state index contributed by atoms with van der Waals surface area (Å²) in [5.74, 6) is 0.0655. The Morgan fingerprint density at radius 3 is 3.11 bits per heavy atom. The first-order valence-corrected chi connectivity index (χ1v) is 6.27. The zero-order valence-electron chi connectivity index (χ0n) is 10.7. The second kappa shape index (κ2) is 4.77. The second-order valence-corrected chi connectivity index (χ2v) is 4.78. The van der Waals surface area contributed by atoms with E-state index in [-0.39, 0.29) is 6.54 Å². The Balaban J connectivity index is 2.03. The first kappa shape index (κ1) is 12.3. The summed E-state index contributed by atoms with van der Waals surface area (Å²) in [4.78, 5) is 18.1. The van der Waals surface area contributed by atoms with Crippen molar-refractivity contribution in [3.8, 4) is 0 Å². The molecule has 0 aromatic carbocycles. The lowest BCUT2D eigenvalue weighted by Gasteiger charge is -2.20. The van der Waals surface area contributed by atoms with Gasteiger partial charge >= 0.3 is 5.97 Å². The molecule has 0 radical (unpaired) electrons. The molecule has 6 heteroatoms. The number of carbonyl (C=O) groups is 1. The van der Waals surface area contributed by atoms with Crippen molar-refractivity contribution in [2.24, 2.45) is 0 Å². The number of nitrogens with zero attached hydrogens (tertiary/aromatic N) is 2. The monoisotopic (exact) mass is 266 g/mol.